The number of hydrogen-bond donors (Lipinski definition) is 0. The first kappa shape index (κ1) is 7.42. The van der Waals surface area contributed by atoms with Crippen LogP contribution in [0.25, 0.3) is 0 Å². The van der Waals surface area contributed by atoms with Crippen LogP contribution in [0.4, 0.5) is 8.78 Å². The van der Waals surface area contributed by atoms with Crippen molar-refractivity contribution in [2.75, 3.05) is 13.6 Å². The SMILES string of the molecule is CN1CC(F)(F)C[C@H]1C#N. The number of likely N-dealkylation sites (tertiary alicyclic amines) is 1. The smallest absolute Gasteiger partial charge is 0.263 e. The average molecular weight is 146 g/mol. The van der Waals surface area contributed by atoms with E-state index >= 15 is 0 Å². The van der Waals surface area contributed by atoms with Gasteiger partial charge in [0.15, 0.2) is 0 Å². The van der Waals surface area contributed by atoms with E-state index in [2.05, 4.69) is 0 Å². The van der Waals surface area contributed by atoms with Crippen LogP contribution in [-0.2, 0) is 0 Å². The highest BCUT2D eigenvalue weighted by molar-refractivity contribution is 5.00. The normalized spacial score (nSPS) is 32.0. The fourth-order valence-electron chi connectivity index (χ4n) is 1.12. The number of rotatable bonds is 0. The van der Waals surface area contributed by atoms with Crippen molar-refractivity contribution in [3.63, 3.8) is 0 Å². The molecule has 0 saturated carbocycles. The Labute approximate surface area is 58.0 Å². The molecule has 1 fully saturated rings. The predicted molar refractivity (Wildman–Crippen MR) is 31.6 cm³/mol. The highest BCUT2D eigenvalue weighted by Crippen LogP contribution is 2.29. The van der Waals surface area contributed by atoms with Crippen LogP contribution in [0, 0.1) is 11.3 Å². The van der Waals surface area contributed by atoms with E-state index in [1.807, 2.05) is 6.07 Å². The summed E-state index contributed by atoms with van der Waals surface area (Å²) in [6, 6.07) is 1.21. The van der Waals surface area contributed by atoms with Gasteiger partial charge in [0, 0.05) is 6.42 Å². The highest BCUT2D eigenvalue weighted by Gasteiger charge is 2.43. The summed E-state index contributed by atoms with van der Waals surface area (Å²) in [6.07, 6.45) is -0.319. The van der Waals surface area contributed by atoms with Crippen LogP contribution in [0.15, 0.2) is 0 Å². The third kappa shape index (κ3) is 1.24. The van der Waals surface area contributed by atoms with Crippen molar-refractivity contribution < 1.29 is 8.78 Å². The van der Waals surface area contributed by atoms with Crippen molar-refractivity contribution in [1.29, 1.82) is 5.26 Å². The summed E-state index contributed by atoms with van der Waals surface area (Å²) in [7, 11) is 1.54. The molecule has 2 nitrogen and oxygen atoms in total. The number of hydrogen-bond acceptors (Lipinski definition) is 2. The molecule has 0 radical (unpaired) electrons. The van der Waals surface area contributed by atoms with Crippen LogP contribution < -0.4 is 0 Å². The number of halogens is 2. The molecule has 1 saturated heterocycles. The zero-order valence-corrected chi connectivity index (χ0v) is 5.64. The molecule has 10 heavy (non-hydrogen) atoms. The molecule has 1 aliphatic heterocycles. The maximum Gasteiger partial charge on any atom is 0.263 e. The van der Waals surface area contributed by atoms with Crippen molar-refractivity contribution in [1.82, 2.24) is 4.90 Å². The van der Waals surface area contributed by atoms with Crippen LogP contribution in [0.5, 0.6) is 0 Å². The molecule has 0 amide bonds. The van der Waals surface area contributed by atoms with E-state index in [0.29, 0.717) is 0 Å². The van der Waals surface area contributed by atoms with Gasteiger partial charge in [0.05, 0.1) is 12.6 Å². The molecular formula is C6H8F2N2. The van der Waals surface area contributed by atoms with Crippen LogP contribution in [0.3, 0.4) is 0 Å². The Bertz CT molecular complexity index is 173. The van der Waals surface area contributed by atoms with Crippen molar-refractivity contribution in [2.24, 2.45) is 0 Å². The summed E-state index contributed by atoms with van der Waals surface area (Å²) in [6.45, 7) is -0.286. The molecule has 0 unspecified atom stereocenters. The molecule has 0 aromatic heterocycles. The lowest BCUT2D eigenvalue weighted by atomic mass is 10.2. The van der Waals surface area contributed by atoms with Gasteiger partial charge in [0.2, 0.25) is 0 Å². The second kappa shape index (κ2) is 2.17. The summed E-state index contributed by atoms with van der Waals surface area (Å²) < 4.78 is 24.9. The third-order valence-corrected chi connectivity index (χ3v) is 1.65. The fraction of sp³-hybridized carbons (Fsp3) is 0.833. The van der Waals surface area contributed by atoms with E-state index in [1.54, 1.807) is 0 Å². The van der Waals surface area contributed by atoms with Gasteiger partial charge in [-0.1, -0.05) is 0 Å². The molecule has 0 bridgehead atoms. The summed E-state index contributed by atoms with van der Waals surface area (Å²) in [5.41, 5.74) is 0. The molecule has 0 aromatic rings. The Kier molecular flexibility index (Phi) is 1.61. The number of nitrogens with zero attached hydrogens (tertiary/aromatic N) is 2. The zero-order chi connectivity index (χ0) is 7.78. The monoisotopic (exact) mass is 146 g/mol. The van der Waals surface area contributed by atoms with Crippen molar-refractivity contribution >= 4 is 0 Å². The first-order chi connectivity index (χ1) is 4.55. The summed E-state index contributed by atoms with van der Waals surface area (Å²) in [5.74, 6) is -2.66. The van der Waals surface area contributed by atoms with E-state index in [4.69, 9.17) is 5.26 Å². The van der Waals surface area contributed by atoms with Gasteiger partial charge in [-0.15, -0.1) is 0 Å². The first-order valence-corrected chi connectivity index (χ1v) is 3.03. The molecule has 0 aliphatic carbocycles. The van der Waals surface area contributed by atoms with Gasteiger partial charge in [-0.2, -0.15) is 5.26 Å². The molecule has 1 aliphatic rings. The molecule has 0 spiro atoms. The van der Waals surface area contributed by atoms with Gasteiger partial charge in [-0.05, 0) is 7.05 Å². The van der Waals surface area contributed by atoms with Crippen molar-refractivity contribution in [3.05, 3.63) is 0 Å². The minimum absolute atomic E-state index is 0.286. The molecule has 56 valence electrons. The first-order valence-electron chi connectivity index (χ1n) is 3.03. The van der Waals surface area contributed by atoms with Gasteiger partial charge >= 0.3 is 0 Å². The largest absolute Gasteiger partial charge is 0.285 e. The Hall–Kier alpha value is -0.690. The van der Waals surface area contributed by atoms with E-state index in [0.717, 1.165) is 0 Å². The minimum Gasteiger partial charge on any atom is -0.285 e. The Morgan fingerprint density at radius 2 is 2.30 bits per heavy atom. The summed E-state index contributed by atoms with van der Waals surface area (Å²) in [5, 5.41) is 8.34. The summed E-state index contributed by atoms with van der Waals surface area (Å²) in [4.78, 5) is 1.38. The van der Waals surface area contributed by atoms with Crippen LogP contribution >= 0.6 is 0 Å². The number of alkyl halides is 2. The molecule has 0 aromatic carbocycles. The minimum atomic E-state index is -2.66. The van der Waals surface area contributed by atoms with Crippen LogP contribution in [0.2, 0.25) is 0 Å². The van der Waals surface area contributed by atoms with E-state index in [1.165, 1.54) is 11.9 Å². The average Bonchev–Trinajstić information content (AvgIpc) is 2.05. The Balaban J connectivity index is 2.63. The predicted octanol–water partition coefficient (Wildman–Crippen LogP) is 0.849. The topological polar surface area (TPSA) is 27.0 Å². The van der Waals surface area contributed by atoms with Crippen LogP contribution in [0.1, 0.15) is 6.42 Å². The molecule has 1 rings (SSSR count). The molecule has 1 heterocycles. The van der Waals surface area contributed by atoms with E-state index < -0.39 is 12.0 Å². The van der Waals surface area contributed by atoms with Gasteiger partial charge in [0.25, 0.3) is 5.92 Å². The van der Waals surface area contributed by atoms with E-state index in [9.17, 15) is 8.78 Å². The maximum absolute atomic E-state index is 12.4. The third-order valence-electron chi connectivity index (χ3n) is 1.65. The van der Waals surface area contributed by atoms with Crippen molar-refractivity contribution in [3.8, 4) is 6.07 Å². The summed E-state index contributed by atoms with van der Waals surface area (Å²) >= 11 is 0. The lowest BCUT2D eigenvalue weighted by Crippen LogP contribution is -2.24. The van der Waals surface area contributed by atoms with E-state index in [-0.39, 0.29) is 13.0 Å². The second-order valence-corrected chi connectivity index (χ2v) is 2.62. The number of nitriles is 1. The van der Waals surface area contributed by atoms with Crippen molar-refractivity contribution in [2.45, 2.75) is 18.4 Å². The highest BCUT2D eigenvalue weighted by atomic mass is 19.3. The molecule has 1 atom stereocenters. The Morgan fingerprint density at radius 3 is 2.50 bits per heavy atom. The quantitative estimate of drug-likeness (QED) is 0.506. The molecule has 4 heteroatoms. The lowest BCUT2D eigenvalue weighted by Gasteiger charge is -2.09. The fourth-order valence-corrected chi connectivity index (χ4v) is 1.12. The zero-order valence-electron chi connectivity index (χ0n) is 5.64. The molecule has 0 N–H and O–H groups in total. The van der Waals surface area contributed by atoms with Gasteiger partial charge < -0.3 is 0 Å². The second-order valence-electron chi connectivity index (χ2n) is 2.62. The van der Waals surface area contributed by atoms with Gasteiger partial charge in [-0.3, -0.25) is 4.90 Å². The lowest BCUT2D eigenvalue weighted by molar-refractivity contribution is 0.0143. The van der Waals surface area contributed by atoms with Gasteiger partial charge in [-0.25, -0.2) is 8.78 Å². The van der Waals surface area contributed by atoms with Gasteiger partial charge in [0.1, 0.15) is 6.04 Å². The Morgan fingerprint density at radius 1 is 1.70 bits per heavy atom. The standard InChI is InChI=1S/C6H8F2N2/c1-10-4-6(7,8)2-5(10)3-9/h5H,2,4H2,1H3/t5-/m0/s1. The maximum atomic E-state index is 12.4. The van der Waals surface area contributed by atoms with Crippen LogP contribution in [-0.4, -0.2) is 30.5 Å². The molecular weight excluding hydrogens is 138 g/mol.